The van der Waals surface area contributed by atoms with Crippen LogP contribution in [0.1, 0.15) is 17.3 Å². The Morgan fingerprint density at radius 3 is 2.41 bits per heavy atom. The fourth-order valence-electron chi connectivity index (χ4n) is 2.10. The molecule has 116 valence electrons. The van der Waals surface area contributed by atoms with Crippen LogP contribution in [0, 0.1) is 5.82 Å². The standard InChI is InChI=1S/C16H16FNO3S/c1-12(19)16-14(17)8-5-9-15(16)18-10-11-22(20,21)13-6-3-2-4-7-13/h2-9,18H,10-11H2,1H3. The second kappa shape index (κ2) is 6.70. The molecule has 0 aliphatic heterocycles. The van der Waals surface area contributed by atoms with Crippen LogP contribution in [0.2, 0.25) is 0 Å². The van der Waals surface area contributed by atoms with Crippen molar-refractivity contribution in [2.45, 2.75) is 11.8 Å². The van der Waals surface area contributed by atoms with Gasteiger partial charge in [0.1, 0.15) is 5.82 Å². The maximum Gasteiger partial charge on any atom is 0.180 e. The van der Waals surface area contributed by atoms with Gasteiger partial charge in [0.2, 0.25) is 0 Å². The summed E-state index contributed by atoms with van der Waals surface area (Å²) in [5, 5.41) is 2.82. The van der Waals surface area contributed by atoms with Gasteiger partial charge in [-0.05, 0) is 31.2 Å². The third-order valence-electron chi connectivity index (χ3n) is 3.15. The third-order valence-corrected chi connectivity index (χ3v) is 4.89. The van der Waals surface area contributed by atoms with Crippen molar-refractivity contribution >= 4 is 21.3 Å². The maximum absolute atomic E-state index is 13.6. The van der Waals surface area contributed by atoms with Crippen molar-refractivity contribution in [1.82, 2.24) is 0 Å². The lowest BCUT2D eigenvalue weighted by atomic mass is 10.1. The molecule has 0 atom stereocenters. The first-order valence-corrected chi connectivity index (χ1v) is 8.38. The van der Waals surface area contributed by atoms with Crippen molar-refractivity contribution < 1.29 is 17.6 Å². The Morgan fingerprint density at radius 2 is 1.77 bits per heavy atom. The molecule has 0 aliphatic carbocycles. The van der Waals surface area contributed by atoms with Gasteiger partial charge in [0.25, 0.3) is 0 Å². The number of carbonyl (C=O) groups excluding carboxylic acids is 1. The number of ketones is 1. The summed E-state index contributed by atoms with van der Waals surface area (Å²) in [4.78, 5) is 11.7. The second-order valence-electron chi connectivity index (χ2n) is 4.78. The minimum Gasteiger partial charge on any atom is -0.383 e. The molecule has 4 nitrogen and oxygen atoms in total. The number of halogens is 1. The molecule has 0 amide bonds. The number of sulfone groups is 1. The van der Waals surface area contributed by atoms with Gasteiger partial charge in [-0.2, -0.15) is 0 Å². The third kappa shape index (κ3) is 3.71. The molecular formula is C16H16FNO3S. The molecule has 0 aromatic heterocycles. The van der Waals surface area contributed by atoms with Crippen LogP contribution < -0.4 is 5.32 Å². The Bertz CT molecular complexity index is 773. The van der Waals surface area contributed by atoms with E-state index in [0.717, 1.165) is 0 Å². The number of nitrogens with one attached hydrogen (secondary N) is 1. The number of Topliss-reactive ketones (excluding diaryl/α,β-unsaturated/α-hetero) is 1. The molecular weight excluding hydrogens is 305 g/mol. The van der Waals surface area contributed by atoms with Gasteiger partial charge >= 0.3 is 0 Å². The number of rotatable bonds is 6. The lowest BCUT2D eigenvalue weighted by Crippen LogP contribution is -2.17. The zero-order valence-electron chi connectivity index (χ0n) is 12.0. The molecule has 0 fully saturated rings. The van der Waals surface area contributed by atoms with E-state index in [1.54, 1.807) is 24.3 Å². The summed E-state index contributed by atoms with van der Waals surface area (Å²) in [6.07, 6.45) is 0. The van der Waals surface area contributed by atoms with Crippen LogP contribution >= 0.6 is 0 Å². The quantitative estimate of drug-likeness (QED) is 0.831. The van der Waals surface area contributed by atoms with E-state index in [0.29, 0.717) is 5.69 Å². The number of benzene rings is 2. The van der Waals surface area contributed by atoms with Crippen molar-refractivity contribution in [3.8, 4) is 0 Å². The van der Waals surface area contributed by atoms with Gasteiger partial charge in [0.15, 0.2) is 15.6 Å². The van der Waals surface area contributed by atoms with Crippen LogP contribution in [0.15, 0.2) is 53.4 Å². The summed E-state index contributed by atoms with van der Waals surface area (Å²) in [6.45, 7) is 1.35. The van der Waals surface area contributed by atoms with Crippen LogP contribution in [0.5, 0.6) is 0 Å². The largest absolute Gasteiger partial charge is 0.383 e. The highest BCUT2D eigenvalue weighted by Gasteiger charge is 2.15. The molecule has 0 heterocycles. The van der Waals surface area contributed by atoms with E-state index in [1.165, 1.54) is 31.2 Å². The number of hydrogen-bond acceptors (Lipinski definition) is 4. The summed E-state index contributed by atoms with van der Waals surface area (Å²) in [7, 11) is -3.41. The van der Waals surface area contributed by atoms with E-state index in [9.17, 15) is 17.6 Å². The molecule has 2 rings (SSSR count). The normalized spacial score (nSPS) is 11.2. The fourth-order valence-corrected chi connectivity index (χ4v) is 3.27. The van der Waals surface area contributed by atoms with Gasteiger partial charge in [-0.3, -0.25) is 4.79 Å². The fraction of sp³-hybridized carbons (Fsp3) is 0.188. The molecule has 0 saturated heterocycles. The van der Waals surface area contributed by atoms with Gasteiger partial charge in [0, 0.05) is 12.2 Å². The van der Waals surface area contributed by atoms with E-state index in [4.69, 9.17) is 0 Å². The number of anilines is 1. The van der Waals surface area contributed by atoms with Crippen LogP contribution in [0.25, 0.3) is 0 Å². The molecule has 22 heavy (non-hydrogen) atoms. The van der Waals surface area contributed by atoms with Gasteiger partial charge in [-0.1, -0.05) is 24.3 Å². The molecule has 0 unspecified atom stereocenters. The zero-order chi connectivity index (χ0) is 16.2. The lowest BCUT2D eigenvalue weighted by molar-refractivity contribution is 0.101. The first-order chi connectivity index (χ1) is 10.4. The summed E-state index contributed by atoms with van der Waals surface area (Å²) in [5.74, 6) is -1.18. The van der Waals surface area contributed by atoms with E-state index in [2.05, 4.69) is 5.32 Å². The van der Waals surface area contributed by atoms with Crippen molar-refractivity contribution in [3.05, 3.63) is 59.9 Å². The van der Waals surface area contributed by atoms with Crippen LogP contribution in [-0.2, 0) is 9.84 Å². The summed E-state index contributed by atoms with van der Waals surface area (Å²) in [6, 6.07) is 12.3. The highest BCUT2D eigenvalue weighted by Crippen LogP contribution is 2.19. The molecule has 0 spiro atoms. The molecule has 0 bridgehead atoms. The average Bonchev–Trinajstić information content (AvgIpc) is 2.47. The topological polar surface area (TPSA) is 63.2 Å². The first kappa shape index (κ1) is 16.2. The van der Waals surface area contributed by atoms with Crippen LogP contribution in [0.3, 0.4) is 0 Å². The molecule has 2 aromatic rings. The van der Waals surface area contributed by atoms with E-state index in [-0.39, 0.29) is 22.8 Å². The monoisotopic (exact) mass is 321 g/mol. The Balaban J connectivity index is 2.09. The molecule has 0 saturated carbocycles. The molecule has 0 aliphatic rings. The second-order valence-corrected chi connectivity index (χ2v) is 6.89. The molecule has 2 aromatic carbocycles. The van der Waals surface area contributed by atoms with E-state index >= 15 is 0 Å². The summed E-state index contributed by atoms with van der Waals surface area (Å²) >= 11 is 0. The predicted octanol–water partition coefficient (Wildman–Crippen LogP) is 2.91. The Labute approximate surface area is 128 Å². The molecule has 1 N–H and O–H groups in total. The number of hydrogen-bond donors (Lipinski definition) is 1. The lowest BCUT2D eigenvalue weighted by Gasteiger charge is -2.11. The highest BCUT2D eigenvalue weighted by atomic mass is 32.2. The summed E-state index contributed by atoms with van der Waals surface area (Å²) < 4.78 is 37.9. The van der Waals surface area contributed by atoms with Crippen LogP contribution in [0.4, 0.5) is 10.1 Å². The Hall–Kier alpha value is -2.21. The summed E-state index contributed by atoms with van der Waals surface area (Å²) in [5.41, 5.74) is 0.246. The molecule has 6 heteroatoms. The highest BCUT2D eigenvalue weighted by molar-refractivity contribution is 7.91. The first-order valence-electron chi connectivity index (χ1n) is 6.73. The minimum atomic E-state index is -3.41. The Kier molecular flexibility index (Phi) is 4.92. The number of carbonyl (C=O) groups is 1. The van der Waals surface area contributed by atoms with Gasteiger partial charge < -0.3 is 5.32 Å². The minimum absolute atomic E-state index is 0.0559. The van der Waals surface area contributed by atoms with E-state index in [1.807, 2.05) is 0 Å². The van der Waals surface area contributed by atoms with Crippen molar-refractivity contribution in [2.24, 2.45) is 0 Å². The van der Waals surface area contributed by atoms with Gasteiger partial charge in [-0.25, -0.2) is 12.8 Å². The average molecular weight is 321 g/mol. The van der Waals surface area contributed by atoms with Crippen molar-refractivity contribution in [1.29, 1.82) is 0 Å². The SMILES string of the molecule is CC(=O)c1c(F)cccc1NCCS(=O)(=O)c1ccccc1. The van der Waals surface area contributed by atoms with E-state index < -0.39 is 21.4 Å². The Morgan fingerprint density at radius 1 is 1.09 bits per heavy atom. The maximum atomic E-state index is 13.6. The van der Waals surface area contributed by atoms with Gasteiger partial charge in [0.05, 0.1) is 16.2 Å². The predicted molar refractivity (Wildman–Crippen MR) is 83.4 cm³/mol. The van der Waals surface area contributed by atoms with Crippen molar-refractivity contribution in [3.63, 3.8) is 0 Å². The van der Waals surface area contributed by atoms with Gasteiger partial charge in [-0.15, -0.1) is 0 Å². The van der Waals surface area contributed by atoms with Crippen molar-refractivity contribution in [2.75, 3.05) is 17.6 Å². The zero-order valence-corrected chi connectivity index (χ0v) is 12.9. The van der Waals surface area contributed by atoms with Crippen LogP contribution in [-0.4, -0.2) is 26.5 Å². The smallest absolute Gasteiger partial charge is 0.180 e. The molecule has 0 radical (unpaired) electrons.